The summed E-state index contributed by atoms with van der Waals surface area (Å²) < 4.78 is 0.636. The molecular formula is C12H12BrNO3. The van der Waals surface area contributed by atoms with E-state index in [-0.39, 0.29) is 17.4 Å². The maximum atomic E-state index is 11.7. The normalized spacial score (nSPS) is 22.0. The van der Waals surface area contributed by atoms with Crippen molar-refractivity contribution in [1.29, 1.82) is 0 Å². The molecule has 2 N–H and O–H groups in total. The molecular weight excluding hydrogens is 286 g/mol. The lowest BCUT2D eigenvalue weighted by Gasteiger charge is -2.06. The number of benzene rings is 1. The van der Waals surface area contributed by atoms with Gasteiger partial charge in [-0.05, 0) is 30.5 Å². The summed E-state index contributed by atoms with van der Waals surface area (Å²) >= 11 is 3.22. The monoisotopic (exact) mass is 297 g/mol. The van der Waals surface area contributed by atoms with Crippen LogP contribution in [0.5, 0.6) is 0 Å². The summed E-state index contributed by atoms with van der Waals surface area (Å²) in [6.07, 6.45) is 0.908. The molecule has 2 atom stereocenters. The zero-order valence-corrected chi connectivity index (χ0v) is 10.8. The summed E-state index contributed by atoms with van der Waals surface area (Å²) in [6.45, 7) is 2.02. The van der Waals surface area contributed by atoms with Gasteiger partial charge >= 0.3 is 5.97 Å². The maximum absolute atomic E-state index is 11.7. The molecule has 1 aliphatic carbocycles. The van der Waals surface area contributed by atoms with Crippen molar-refractivity contribution in [2.75, 3.05) is 5.32 Å². The molecule has 5 heteroatoms. The van der Waals surface area contributed by atoms with Gasteiger partial charge in [0.2, 0.25) is 5.91 Å². The molecule has 17 heavy (non-hydrogen) atoms. The van der Waals surface area contributed by atoms with Gasteiger partial charge in [-0.25, -0.2) is 4.79 Å². The second-order valence-corrected chi connectivity index (χ2v) is 5.26. The molecule has 0 heterocycles. The first-order valence-electron chi connectivity index (χ1n) is 5.32. The van der Waals surface area contributed by atoms with Crippen molar-refractivity contribution in [3.8, 4) is 0 Å². The summed E-state index contributed by atoms with van der Waals surface area (Å²) in [5.74, 6) is -0.545. The summed E-state index contributed by atoms with van der Waals surface area (Å²) in [7, 11) is 0. The number of hydrogen-bond donors (Lipinski definition) is 2. The van der Waals surface area contributed by atoms with Crippen LogP contribution in [-0.4, -0.2) is 17.0 Å². The summed E-state index contributed by atoms with van der Waals surface area (Å²) in [5.41, 5.74) is 0.666. The van der Waals surface area contributed by atoms with Gasteiger partial charge < -0.3 is 10.4 Å². The number of carbonyl (C=O) groups is 2. The molecule has 2 rings (SSSR count). The maximum Gasteiger partial charge on any atom is 0.335 e. The zero-order valence-electron chi connectivity index (χ0n) is 9.24. The van der Waals surface area contributed by atoms with Crippen LogP contribution in [0.3, 0.4) is 0 Å². The number of nitrogens with one attached hydrogen (secondary N) is 1. The molecule has 2 unspecified atom stereocenters. The Morgan fingerprint density at radius 3 is 2.59 bits per heavy atom. The van der Waals surface area contributed by atoms with E-state index < -0.39 is 5.97 Å². The third-order valence-corrected chi connectivity index (χ3v) is 3.32. The van der Waals surface area contributed by atoms with Crippen molar-refractivity contribution in [2.24, 2.45) is 11.8 Å². The Kier molecular flexibility index (Phi) is 3.19. The van der Waals surface area contributed by atoms with Gasteiger partial charge in [-0.1, -0.05) is 22.9 Å². The van der Waals surface area contributed by atoms with Gasteiger partial charge in [0, 0.05) is 16.1 Å². The number of anilines is 1. The summed E-state index contributed by atoms with van der Waals surface area (Å²) in [5, 5.41) is 11.6. The molecule has 1 amide bonds. The van der Waals surface area contributed by atoms with E-state index >= 15 is 0 Å². The third-order valence-electron chi connectivity index (χ3n) is 2.86. The number of carboxylic acid groups (broad SMARTS) is 1. The second-order valence-electron chi connectivity index (χ2n) is 4.34. The first-order chi connectivity index (χ1) is 7.97. The summed E-state index contributed by atoms with van der Waals surface area (Å²) in [4.78, 5) is 22.6. The highest BCUT2D eigenvalue weighted by molar-refractivity contribution is 9.10. The minimum atomic E-state index is -1.01. The number of aromatic carboxylic acids is 1. The van der Waals surface area contributed by atoms with Crippen LogP contribution in [0.2, 0.25) is 0 Å². The molecule has 1 aliphatic rings. The highest BCUT2D eigenvalue weighted by Crippen LogP contribution is 2.38. The number of carboxylic acids is 1. The van der Waals surface area contributed by atoms with Crippen molar-refractivity contribution >= 4 is 33.5 Å². The minimum absolute atomic E-state index is 0.0352. The van der Waals surface area contributed by atoms with Crippen LogP contribution in [0.1, 0.15) is 23.7 Å². The standard InChI is InChI=1S/C12H12BrNO3/c1-6-2-10(6)11(15)14-9-4-7(12(16)17)3-8(13)5-9/h3-6,10H,2H2,1H3,(H,14,15)(H,16,17). The fraction of sp³-hybridized carbons (Fsp3) is 0.333. The lowest BCUT2D eigenvalue weighted by atomic mass is 10.2. The average Bonchev–Trinajstić information content (AvgIpc) is 2.94. The molecule has 1 fully saturated rings. The van der Waals surface area contributed by atoms with Crippen LogP contribution in [0.15, 0.2) is 22.7 Å². The topological polar surface area (TPSA) is 66.4 Å². The number of carbonyl (C=O) groups excluding carboxylic acids is 1. The highest BCUT2D eigenvalue weighted by atomic mass is 79.9. The van der Waals surface area contributed by atoms with Gasteiger partial charge in [-0.15, -0.1) is 0 Å². The lowest BCUT2D eigenvalue weighted by Crippen LogP contribution is -2.14. The van der Waals surface area contributed by atoms with Gasteiger partial charge in [-0.2, -0.15) is 0 Å². The van der Waals surface area contributed by atoms with E-state index in [4.69, 9.17) is 5.11 Å². The van der Waals surface area contributed by atoms with Crippen LogP contribution >= 0.6 is 15.9 Å². The minimum Gasteiger partial charge on any atom is -0.478 e. The van der Waals surface area contributed by atoms with Gasteiger partial charge in [0.15, 0.2) is 0 Å². The van der Waals surface area contributed by atoms with E-state index in [0.29, 0.717) is 16.1 Å². The molecule has 0 bridgehead atoms. The van der Waals surface area contributed by atoms with Crippen molar-refractivity contribution in [1.82, 2.24) is 0 Å². The van der Waals surface area contributed by atoms with Gasteiger partial charge in [0.25, 0.3) is 0 Å². The molecule has 0 radical (unpaired) electrons. The Labute approximate surface area is 107 Å². The van der Waals surface area contributed by atoms with E-state index in [1.54, 1.807) is 6.07 Å². The summed E-state index contributed by atoms with van der Waals surface area (Å²) in [6, 6.07) is 4.65. The number of halogens is 1. The molecule has 1 aromatic carbocycles. The van der Waals surface area contributed by atoms with Crippen LogP contribution in [0.25, 0.3) is 0 Å². The van der Waals surface area contributed by atoms with E-state index in [9.17, 15) is 9.59 Å². The van der Waals surface area contributed by atoms with Crippen molar-refractivity contribution < 1.29 is 14.7 Å². The Bertz CT molecular complexity index is 487. The fourth-order valence-electron chi connectivity index (χ4n) is 1.71. The van der Waals surface area contributed by atoms with E-state index in [2.05, 4.69) is 21.2 Å². The Balaban J connectivity index is 2.15. The van der Waals surface area contributed by atoms with E-state index in [1.165, 1.54) is 12.1 Å². The predicted molar refractivity (Wildman–Crippen MR) is 67.0 cm³/mol. The van der Waals surface area contributed by atoms with Crippen LogP contribution in [0, 0.1) is 11.8 Å². The number of hydrogen-bond acceptors (Lipinski definition) is 2. The largest absolute Gasteiger partial charge is 0.478 e. The van der Waals surface area contributed by atoms with Crippen LogP contribution in [-0.2, 0) is 4.79 Å². The Hall–Kier alpha value is -1.36. The van der Waals surface area contributed by atoms with E-state index in [1.807, 2.05) is 6.92 Å². The smallest absolute Gasteiger partial charge is 0.335 e. The molecule has 0 saturated heterocycles. The zero-order chi connectivity index (χ0) is 12.6. The second kappa shape index (κ2) is 4.49. The van der Waals surface area contributed by atoms with Crippen molar-refractivity contribution in [2.45, 2.75) is 13.3 Å². The van der Waals surface area contributed by atoms with Crippen LogP contribution in [0.4, 0.5) is 5.69 Å². The third kappa shape index (κ3) is 2.85. The molecule has 1 saturated carbocycles. The quantitative estimate of drug-likeness (QED) is 0.901. The first kappa shape index (κ1) is 12.1. The predicted octanol–water partition coefficient (Wildman–Crippen LogP) is 2.74. The number of amides is 1. The lowest BCUT2D eigenvalue weighted by molar-refractivity contribution is -0.117. The van der Waals surface area contributed by atoms with Gasteiger partial charge in [-0.3, -0.25) is 4.79 Å². The number of rotatable bonds is 3. The van der Waals surface area contributed by atoms with Crippen molar-refractivity contribution in [3.05, 3.63) is 28.2 Å². The SMILES string of the molecule is CC1CC1C(=O)Nc1cc(Br)cc(C(=O)O)c1. The molecule has 0 aliphatic heterocycles. The molecule has 1 aromatic rings. The van der Waals surface area contributed by atoms with E-state index in [0.717, 1.165) is 6.42 Å². The fourth-order valence-corrected chi connectivity index (χ4v) is 2.20. The first-order valence-corrected chi connectivity index (χ1v) is 6.11. The molecule has 4 nitrogen and oxygen atoms in total. The molecule has 0 spiro atoms. The Morgan fingerprint density at radius 1 is 1.41 bits per heavy atom. The van der Waals surface area contributed by atoms with Gasteiger partial charge in [0.1, 0.15) is 0 Å². The highest BCUT2D eigenvalue weighted by Gasteiger charge is 2.39. The van der Waals surface area contributed by atoms with Crippen LogP contribution < -0.4 is 5.32 Å². The average molecular weight is 298 g/mol. The van der Waals surface area contributed by atoms with Crippen molar-refractivity contribution in [3.63, 3.8) is 0 Å². The molecule has 90 valence electrons. The van der Waals surface area contributed by atoms with Gasteiger partial charge in [0.05, 0.1) is 5.56 Å². The molecule has 0 aromatic heterocycles. The Morgan fingerprint density at radius 2 is 2.06 bits per heavy atom.